The molecule has 1 unspecified atom stereocenters. The fraction of sp³-hybridized carbons (Fsp3) is 0.464. The minimum atomic E-state index is -0.576. The number of likely N-dealkylation sites (tertiary alicyclic amines) is 1. The van der Waals surface area contributed by atoms with Gasteiger partial charge in [0.2, 0.25) is 11.8 Å². The van der Waals surface area contributed by atoms with E-state index in [4.69, 9.17) is 0 Å². The van der Waals surface area contributed by atoms with Crippen molar-refractivity contribution in [2.24, 2.45) is 5.41 Å². The van der Waals surface area contributed by atoms with Crippen molar-refractivity contribution in [3.8, 4) is 0 Å². The highest BCUT2D eigenvalue weighted by Crippen LogP contribution is 2.53. The third kappa shape index (κ3) is 4.64. The zero-order valence-corrected chi connectivity index (χ0v) is 20.7. The van der Waals surface area contributed by atoms with E-state index in [0.29, 0.717) is 18.5 Å². The normalized spacial score (nSPS) is 23.5. The smallest absolute Gasteiger partial charge is 0.255 e. The Morgan fingerprint density at radius 2 is 1.69 bits per heavy atom. The molecular weight excluding hydrogens is 458 g/mol. The molecule has 0 aromatic heterocycles. The summed E-state index contributed by atoms with van der Waals surface area (Å²) in [7, 11) is 0. The fourth-order valence-electron chi connectivity index (χ4n) is 5.71. The van der Waals surface area contributed by atoms with Gasteiger partial charge in [-0.1, -0.05) is 30.3 Å². The van der Waals surface area contributed by atoms with Gasteiger partial charge in [0, 0.05) is 35.7 Å². The Morgan fingerprint density at radius 3 is 2.40 bits per heavy atom. The number of hydrogen-bond acceptors (Lipinski definition) is 5. The molecule has 0 bridgehead atoms. The highest BCUT2D eigenvalue weighted by atomic mass is 32.2. The number of piperidine rings is 2. The number of imide groups is 1. The zero-order valence-electron chi connectivity index (χ0n) is 19.9. The van der Waals surface area contributed by atoms with Crippen molar-refractivity contribution < 1.29 is 14.4 Å². The average Bonchev–Trinajstić information content (AvgIpc) is 3.54. The van der Waals surface area contributed by atoms with Crippen LogP contribution in [0.4, 0.5) is 0 Å². The van der Waals surface area contributed by atoms with Gasteiger partial charge in [0.05, 0.1) is 0 Å². The van der Waals surface area contributed by atoms with Crippen LogP contribution in [0.15, 0.2) is 47.4 Å². The standard InChI is InChI=1S/C28H31N3O3S/c32-25-9-8-23(26(33)29-25)31-17-22-21(27(31)34)2-1-3-24(22)35-18-20-6-4-19(5-7-20)16-30-14-12-28(10-11-28)13-15-30/h1-7,23H,8-18H2,(H,29,32,33). The SMILES string of the molecule is O=C1CCC(N2Cc3c(SCc4ccc(CN5CCC6(CC5)CC6)cc4)cccc3C2=O)C(=O)N1. The van der Waals surface area contributed by atoms with Gasteiger partial charge in [0.15, 0.2) is 0 Å². The molecule has 3 fully saturated rings. The molecule has 7 heteroatoms. The molecule has 1 atom stereocenters. The van der Waals surface area contributed by atoms with Crippen molar-refractivity contribution in [3.05, 3.63) is 64.7 Å². The van der Waals surface area contributed by atoms with E-state index in [9.17, 15) is 14.4 Å². The summed E-state index contributed by atoms with van der Waals surface area (Å²) in [4.78, 5) is 42.2. The van der Waals surface area contributed by atoms with E-state index in [1.165, 1.54) is 49.9 Å². The van der Waals surface area contributed by atoms with Gasteiger partial charge in [0.25, 0.3) is 5.91 Å². The summed E-state index contributed by atoms with van der Waals surface area (Å²) in [5.74, 6) is 0.0791. The number of amides is 3. The van der Waals surface area contributed by atoms with Crippen molar-refractivity contribution in [1.82, 2.24) is 15.1 Å². The van der Waals surface area contributed by atoms with E-state index in [-0.39, 0.29) is 24.1 Å². The van der Waals surface area contributed by atoms with Gasteiger partial charge in [-0.15, -0.1) is 11.8 Å². The molecule has 1 spiro atoms. The van der Waals surface area contributed by atoms with Crippen LogP contribution in [-0.4, -0.2) is 46.7 Å². The molecule has 2 aromatic rings. The maximum Gasteiger partial charge on any atom is 0.255 e. The molecule has 3 amide bonds. The topological polar surface area (TPSA) is 69.7 Å². The summed E-state index contributed by atoms with van der Waals surface area (Å²) in [6.45, 7) is 3.91. The van der Waals surface area contributed by atoms with Crippen LogP contribution in [0.25, 0.3) is 0 Å². The molecule has 2 aromatic carbocycles. The van der Waals surface area contributed by atoms with Crippen LogP contribution in [-0.2, 0) is 28.4 Å². The van der Waals surface area contributed by atoms with Crippen molar-refractivity contribution in [2.75, 3.05) is 13.1 Å². The lowest BCUT2D eigenvalue weighted by Gasteiger charge is -2.32. The van der Waals surface area contributed by atoms with E-state index in [1.807, 2.05) is 12.1 Å². The van der Waals surface area contributed by atoms with Crippen LogP contribution in [0.3, 0.4) is 0 Å². The van der Waals surface area contributed by atoms with E-state index in [0.717, 1.165) is 28.2 Å². The van der Waals surface area contributed by atoms with Gasteiger partial charge in [0.1, 0.15) is 6.04 Å². The van der Waals surface area contributed by atoms with E-state index >= 15 is 0 Å². The number of carbonyl (C=O) groups excluding carboxylic acids is 3. The molecular formula is C28H31N3O3S. The van der Waals surface area contributed by atoms with Crippen molar-refractivity contribution in [2.45, 2.75) is 68.3 Å². The first kappa shape index (κ1) is 22.8. The number of nitrogens with zero attached hydrogens (tertiary/aromatic N) is 2. The monoisotopic (exact) mass is 489 g/mol. The summed E-state index contributed by atoms with van der Waals surface area (Å²) in [6.07, 6.45) is 6.28. The third-order valence-electron chi connectivity index (χ3n) is 8.24. The second-order valence-corrected chi connectivity index (χ2v) is 11.6. The summed E-state index contributed by atoms with van der Waals surface area (Å²) < 4.78 is 0. The Bertz CT molecular complexity index is 1160. The summed E-state index contributed by atoms with van der Waals surface area (Å²) in [5, 5.41) is 2.37. The van der Waals surface area contributed by atoms with Crippen LogP contribution in [0, 0.1) is 5.41 Å². The van der Waals surface area contributed by atoms with Gasteiger partial charge in [-0.25, -0.2) is 0 Å². The molecule has 182 valence electrons. The predicted molar refractivity (Wildman–Crippen MR) is 135 cm³/mol. The molecule has 2 saturated heterocycles. The quantitative estimate of drug-likeness (QED) is 0.488. The lowest BCUT2D eigenvalue weighted by Crippen LogP contribution is -2.52. The molecule has 1 N–H and O–H groups in total. The second-order valence-electron chi connectivity index (χ2n) is 10.6. The van der Waals surface area contributed by atoms with Crippen molar-refractivity contribution in [1.29, 1.82) is 0 Å². The number of fused-ring (bicyclic) bond motifs is 1. The first-order valence-electron chi connectivity index (χ1n) is 12.7. The Morgan fingerprint density at radius 1 is 0.943 bits per heavy atom. The number of benzene rings is 2. The Labute approximate surface area is 210 Å². The number of hydrogen-bond donors (Lipinski definition) is 1. The van der Waals surface area contributed by atoms with E-state index in [1.54, 1.807) is 16.7 Å². The van der Waals surface area contributed by atoms with Crippen LogP contribution < -0.4 is 5.32 Å². The first-order chi connectivity index (χ1) is 17.0. The summed E-state index contributed by atoms with van der Waals surface area (Å²) in [5.41, 5.74) is 5.01. The Kier molecular flexibility index (Phi) is 5.93. The molecule has 1 aliphatic carbocycles. The highest BCUT2D eigenvalue weighted by Gasteiger charge is 2.44. The van der Waals surface area contributed by atoms with Gasteiger partial charge in [-0.05, 0) is 79.4 Å². The largest absolute Gasteiger partial charge is 0.322 e. The van der Waals surface area contributed by atoms with Crippen LogP contribution in [0.2, 0.25) is 0 Å². The lowest BCUT2D eigenvalue weighted by molar-refractivity contribution is -0.136. The number of rotatable bonds is 6. The molecule has 6 nitrogen and oxygen atoms in total. The van der Waals surface area contributed by atoms with Gasteiger partial charge in [-0.3, -0.25) is 24.6 Å². The van der Waals surface area contributed by atoms with Crippen LogP contribution in [0.1, 0.15) is 65.6 Å². The second kappa shape index (κ2) is 9.10. The lowest BCUT2D eigenvalue weighted by atomic mass is 9.93. The van der Waals surface area contributed by atoms with Crippen LogP contribution in [0.5, 0.6) is 0 Å². The van der Waals surface area contributed by atoms with E-state index < -0.39 is 6.04 Å². The van der Waals surface area contributed by atoms with E-state index in [2.05, 4.69) is 40.5 Å². The first-order valence-corrected chi connectivity index (χ1v) is 13.7. The minimum absolute atomic E-state index is 0.119. The van der Waals surface area contributed by atoms with Gasteiger partial charge in [-0.2, -0.15) is 0 Å². The maximum absolute atomic E-state index is 13.0. The van der Waals surface area contributed by atoms with Crippen molar-refractivity contribution >= 4 is 29.5 Å². The molecule has 3 aliphatic heterocycles. The fourth-order valence-corrected chi connectivity index (χ4v) is 6.75. The molecule has 1 saturated carbocycles. The Balaban J connectivity index is 1.07. The third-order valence-corrected chi connectivity index (χ3v) is 9.41. The molecule has 6 rings (SSSR count). The minimum Gasteiger partial charge on any atom is -0.322 e. The number of thioether (sulfide) groups is 1. The van der Waals surface area contributed by atoms with Crippen molar-refractivity contribution in [3.63, 3.8) is 0 Å². The summed E-state index contributed by atoms with van der Waals surface area (Å²) >= 11 is 1.74. The molecule has 3 heterocycles. The molecule has 35 heavy (non-hydrogen) atoms. The molecule has 0 radical (unpaired) electrons. The maximum atomic E-state index is 13.0. The molecule has 4 aliphatic rings. The van der Waals surface area contributed by atoms with Crippen LogP contribution >= 0.6 is 11.8 Å². The van der Waals surface area contributed by atoms with Gasteiger partial charge >= 0.3 is 0 Å². The highest BCUT2D eigenvalue weighted by molar-refractivity contribution is 7.98. The predicted octanol–water partition coefficient (Wildman–Crippen LogP) is 4.12. The Hall–Kier alpha value is -2.64. The zero-order chi connectivity index (χ0) is 24.0. The number of carbonyl (C=O) groups is 3. The number of nitrogens with one attached hydrogen (secondary N) is 1. The average molecular weight is 490 g/mol. The van der Waals surface area contributed by atoms with Gasteiger partial charge < -0.3 is 4.90 Å². The summed E-state index contributed by atoms with van der Waals surface area (Å²) in [6, 6.07) is 14.2.